The highest BCUT2D eigenvalue weighted by molar-refractivity contribution is 7.78. The Kier molecular flexibility index (Phi) is 4.12. The molecule has 0 fully saturated rings. The standard InChI is InChI=1S/C11H12N2S/c1-13(2)11-5-3-10(4-6-11)7-8-12-9-14/h3,5H,7-8H2,1-2H3. The molecule has 14 heavy (non-hydrogen) atoms. The van der Waals surface area contributed by atoms with Crippen LogP contribution in [0.4, 0.5) is 0 Å². The van der Waals surface area contributed by atoms with Gasteiger partial charge in [-0.05, 0) is 30.1 Å². The number of rotatable bonds is 4. The van der Waals surface area contributed by atoms with E-state index in [-0.39, 0.29) is 0 Å². The number of allylic oxidation sites excluding steroid dienone is 2. The van der Waals surface area contributed by atoms with Gasteiger partial charge in [0.1, 0.15) is 0 Å². The van der Waals surface area contributed by atoms with Gasteiger partial charge in [-0.25, -0.2) is 4.99 Å². The number of thiocarbonyl (C=S) groups is 1. The van der Waals surface area contributed by atoms with E-state index < -0.39 is 0 Å². The number of nitrogens with zero attached hydrogens (tertiary/aromatic N) is 2. The van der Waals surface area contributed by atoms with Crippen molar-refractivity contribution in [3.8, 4) is 0 Å². The Balaban J connectivity index is 2.71. The van der Waals surface area contributed by atoms with Crippen LogP contribution >= 0.6 is 12.2 Å². The average Bonchev–Trinajstić information content (AvgIpc) is 2.19. The van der Waals surface area contributed by atoms with Crippen LogP contribution in [-0.2, 0) is 0 Å². The van der Waals surface area contributed by atoms with E-state index in [0.29, 0.717) is 6.54 Å². The Morgan fingerprint density at radius 2 is 2.21 bits per heavy atom. The molecule has 2 nitrogen and oxygen atoms in total. The predicted octanol–water partition coefficient (Wildman–Crippen LogP) is 2.17. The first-order valence-corrected chi connectivity index (χ1v) is 4.78. The number of isothiocyanates is 1. The van der Waals surface area contributed by atoms with E-state index in [1.54, 1.807) is 0 Å². The summed E-state index contributed by atoms with van der Waals surface area (Å²) in [6, 6.07) is 0. The van der Waals surface area contributed by atoms with Crippen molar-refractivity contribution in [2.45, 2.75) is 6.42 Å². The van der Waals surface area contributed by atoms with Crippen molar-refractivity contribution >= 4 is 17.4 Å². The van der Waals surface area contributed by atoms with Gasteiger partial charge in [-0.2, -0.15) is 0 Å². The zero-order valence-electron chi connectivity index (χ0n) is 8.37. The zero-order valence-corrected chi connectivity index (χ0v) is 9.19. The lowest BCUT2D eigenvalue weighted by Crippen LogP contribution is -2.08. The molecular formula is C11H12N2S. The second-order valence-electron chi connectivity index (χ2n) is 3.11. The van der Waals surface area contributed by atoms with Gasteiger partial charge in [-0.15, -0.1) is 0 Å². The van der Waals surface area contributed by atoms with Gasteiger partial charge < -0.3 is 4.90 Å². The highest BCUT2D eigenvalue weighted by Crippen LogP contribution is 2.09. The maximum atomic E-state index is 4.48. The summed E-state index contributed by atoms with van der Waals surface area (Å²) in [4.78, 5) is 5.84. The van der Waals surface area contributed by atoms with E-state index in [2.05, 4.69) is 33.8 Å². The maximum Gasteiger partial charge on any atom is 0.0878 e. The van der Waals surface area contributed by atoms with Crippen LogP contribution in [0.1, 0.15) is 6.42 Å². The minimum atomic E-state index is 0.676. The minimum Gasteiger partial charge on any atom is -0.371 e. The van der Waals surface area contributed by atoms with Gasteiger partial charge in [0.2, 0.25) is 0 Å². The monoisotopic (exact) mass is 204 g/mol. The predicted molar refractivity (Wildman–Crippen MR) is 61.4 cm³/mol. The summed E-state index contributed by atoms with van der Waals surface area (Å²) in [6.07, 6.45) is 4.89. The lowest BCUT2D eigenvalue weighted by Gasteiger charge is -2.11. The third-order valence-electron chi connectivity index (χ3n) is 1.83. The third-order valence-corrected chi connectivity index (χ3v) is 1.96. The molecule has 0 atom stereocenters. The fourth-order valence-electron chi connectivity index (χ4n) is 1.04. The molecule has 0 aromatic carbocycles. The van der Waals surface area contributed by atoms with Crippen molar-refractivity contribution in [2.75, 3.05) is 20.6 Å². The van der Waals surface area contributed by atoms with E-state index in [9.17, 15) is 0 Å². The first-order chi connectivity index (χ1) is 6.74. The summed E-state index contributed by atoms with van der Waals surface area (Å²) >= 11 is 4.48. The quantitative estimate of drug-likeness (QED) is 0.396. The fraction of sp³-hybridized carbons (Fsp3) is 0.364. The lowest BCUT2D eigenvalue weighted by atomic mass is 10.1. The van der Waals surface area contributed by atoms with E-state index in [0.717, 1.165) is 17.7 Å². The van der Waals surface area contributed by atoms with Crippen LogP contribution in [0.5, 0.6) is 0 Å². The second kappa shape index (κ2) is 5.39. The topological polar surface area (TPSA) is 15.6 Å². The van der Waals surface area contributed by atoms with Crippen molar-refractivity contribution in [1.82, 2.24) is 4.90 Å². The molecule has 1 aliphatic rings. The molecule has 0 heterocycles. The summed E-state index contributed by atoms with van der Waals surface area (Å²) in [7, 11) is 3.96. The van der Waals surface area contributed by atoms with E-state index in [1.807, 2.05) is 31.1 Å². The summed E-state index contributed by atoms with van der Waals surface area (Å²) in [5.41, 5.74) is 8.30. The number of aliphatic imine (C=N–C) groups is 1. The van der Waals surface area contributed by atoms with E-state index in [1.165, 1.54) is 0 Å². The highest BCUT2D eigenvalue weighted by atomic mass is 32.1. The molecule has 0 radical (unpaired) electrons. The molecule has 0 spiro atoms. The van der Waals surface area contributed by atoms with Crippen molar-refractivity contribution in [3.63, 3.8) is 0 Å². The summed E-state index contributed by atoms with van der Waals surface area (Å²) < 4.78 is 0. The van der Waals surface area contributed by atoms with Crippen LogP contribution in [0, 0.1) is 0 Å². The highest BCUT2D eigenvalue weighted by Gasteiger charge is 1.98. The average molecular weight is 204 g/mol. The molecule has 0 aliphatic heterocycles. The number of hydrogen-bond acceptors (Lipinski definition) is 3. The van der Waals surface area contributed by atoms with Crippen LogP contribution in [0.25, 0.3) is 0 Å². The summed E-state index contributed by atoms with van der Waals surface area (Å²) in [6.45, 7) is 0.676. The molecule has 1 rings (SSSR count). The van der Waals surface area contributed by atoms with Crippen LogP contribution in [0.2, 0.25) is 0 Å². The Hall–Kier alpha value is -1.36. The molecule has 0 aromatic rings. The molecule has 0 aromatic heterocycles. The Labute approximate surface area is 89.6 Å². The number of hydrogen-bond donors (Lipinski definition) is 0. The molecule has 0 saturated heterocycles. The van der Waals surface area contributed by atoms with Gasteiger partial charge in [0.15, 0.2) is 0 Å². The van der Waals surface area contributed by atoms with Gasteiger partial charge in [-0.1, -0.05) is 5.73 Å². The first-order valence-electron chi connectivity index (χ1n) is 4.38. The third kappa shape index (κ3) is 3.18. The summed E-state index contributed by atoms with van der Waals surface area (Å²) in [5.74, 6) is 0. The smallest absolute Gasteiger partial charge is 0.0878 e. The van der Waals surface area contributed by atoms with Crippen molar-refractivity contribution in [2.24, 2.45) is 4.99 Å². The van der Waals surface area contributed by atoms with Crippen molar-refractivity contribution in [3.05, 3.63) is 34.9 Å². The molecular weight excluding hydrogens is 192 g/mol. The van der Waals surface area contributed by atoms with E-state index in [4.69, 9.17) is 0 Å². The molecule has 0 amide bonds. The molecule has 0 bridgehead atoms. The normalized spacial score (nSPS) is 13.0. The Morgan fingerprint density at radius 3 is 2.71 bits per heavy atom. The van der Waals surface area contributed by atoms with E-state index >= 15 is 0 Å². The first kappa shape index (κ1) is 10.7. The van der Waals surface area contributed by atoms with Gasteiger partial charge in [0, 0.05) is 26.1 Å². The van der Waals surface area contributed by atoms with Gasteiger partial charge in [-0.3, -0.25) is 0 Å². The summed E-state index contributed by atoms with van der Waals surface area (Å²) in [5, 5.41) is 2.34. The van der Waals surface area contributed by atoms with Crippen molar-refractivity contribution in [1.29, 1.82) is 0 Å². The lowest BCUT2D eigenvalue weighted by molar-refractivity contribution is 0.531. The molecule has 72 valence electrons. The van der Waals surface area contributed by atoms with Crippen LogP contribution in [0.3, 0.4) is 0 Å². The maximum absolute atomic E-state index is 4.48. The molecule has 3 heteroatoms. The molecule has 0 saturated carbocycles. The van der Waals surface area contributed by atoms with Crippen LogP contribution in [-0.4, -0.2) is 30.7 Å². The Morgan fingerprint density at radius 1 is 1.43 bits per heavy atom. The largest absolute Gasteiger partial charge is 0.371 e. The fourth-order valence-corrected chi connectivity index (χ4v) is 1.13. The zero-order chi connectivity index (χ0) is 10.4. The van der Waals surface area contributed by atoms with Gasteiger partial charge in [0.05, 0.1) is 17.4 Å². The SMILES string of the molecule is CN(C)C1=C=C=C(CCN=C=S)C=C1. The van der Waals surface area contributed by atoms with Gasteiger partial charge >= 0.3 is 0 Å². The molecule has 0 unspecified atom stereocenters. The van der Waals surface area contributed by atoms with Crippen LogP contribution in [0.15, 0.2) is 39.9 Å². The van der Waals surface area contributed by atoms with Crippen LogP contribution < -0.4 is 0 Å². The Bertz CT molecular complexity index is 386. The molecule has 1 aliphatic carbocycles. The second-order valence-corrected chi connectivity index (χ2v) is 3.29. The minimum absolute atomic E-state index is 0.676. The van der Waals surface area contributed by atoms with Gasteiger partial charge in [0.25, 0.3) is 0 Å². The number of likely N-dealkylation sites (N-methyl/N-ethyl adjacent to an activating group) is 1. The molecule has 0 N–H and O–H groups in total. The van der Waals surface area contributed by atoms with Crippen molar-refractivity contribution < 1.29 is 0 Å².